The van der Waals surface area contributed by atoms with Crippen LogP contribution in [0.25, 0.3) is 0 Å². The van der Waals surface area contributed by atoms with E-state index in [0.29, 0.717) is 0 Å². The molecular formula is C15H25NO12. The zero-order valence-corrected chi connectivity index (χ0v) is 14.7. The maximum atomic E-state index is 10.5. The van der Waals surface area contributed by atoms with E-state index in [1.807, 2.05) is 0 Å². The van der Waals surface area contributed by atoms with Crippen LogP contribution in [-0.2, 0) is 19.1 Å². The normalized spacial score (nSPS) is 45.0. The fourth-order valence-electron chi connectivity index (χ4n) is 3.27. The minimum Gasteiger partial charge on any atom is -0.394 e. The molecule has 2 aliphatic heterocycles. The van der Waals surface area contributed by atoms with Gasteiger partial charge in [-0.05, 0) is 6.42 Å². The van der Waals surface area contributed by atoms with Crippen molar-refractivity contribution >= 4 is 0 Å². The van der Waals surface area contributed by atoms with Gasteiger partial charge in [0.2, 0.25) is 5.79 Å². The molecule has 2 fully saturated rings. The van der Waals surface area contributed by atoms with E-state index in [1.54, 1.807) is 6.07 Å². The lowest BCUT2D eigenvalue weighted by atomic mass is 9.95. The third-order valence-corrected chi connectivity index (χ3v) is 4.88. The first-order chi connectivity index (χ1) is 13.3. The first kappa shape index (κ1) is 23.3. The van der Waals surface area contributed by atoms with Gasteiger partial charge in [-0.3, -0.25) is 5.26 Å². The number of rotatable bonds is 8. The molecule has 0 aromatic rings. The van der Waals surface area contributed by atoms with Gasteiger partial charge in [0.1, 0.15) is 42.7 Å². The SMILES string of the molecule is N#CCCC(OO)[C@@]1(O[C@H]2O[C@H](CO)[C@@H](O)[C@H](O)[C@H]2O)O[C@H](CO)[C@@H](O)[C@@H]1O. The number of ether oxygens (including phenoxy) is 3. The van der Waals surface area contributed by atoms with Crippen LogP contribution in [0.2, 0.25) is 0 Å². The van der Waals surface area contributed by atoms with Crippen molar-refractivity contribution in [2.75, 3.05) is 13.2 Å². The molecule has 13 nitrogen and oxygen atoms in total. The van der Waals surface area contributed by atoms with Crippen LogP contribution in [0, 0.1) is 11.3 Å². The van der Waals surface area contributed by atoms with E-state index in [4.69, 9.17) is 19.5 Å². The van der Waals surface area contributed by atoms with Gasteiger partial charge >= 0.3 is 0 Å². The number of nitriles is 1. The number of nitrogens with zero attached hydrogens (tertiary/aromatic N) is 1. The molecule has 0 bridgehead atoms. The van der Waals surface area contributed by atoms with Gasteiger partial charge in [0, 0.05) is 6.42 Å². The molecule has 162 valence electrons. The Labute approximate surface area is 159 Å². The van der Waals surface area contributed by atoms with Crippen molar-refractivity contribution in [3.63, 3.8) is 0 Å². The molecule has 2 rings (SSSR count). The average Bonchev–Trinajstić information content (AvgIpc) is 2.94. The Morgan fingerprint density at radius 3 is 2.11 bits per heavy atom. The van der Waals surface area contributed by atoms with Crippen molar-refractivity contribution in [2.45, 2.75) is 73.8 Å². The predicted octanol–water partition coefficient (Wildman–Crippen LogP) is -4.23. The number of aliphatic hydroxyl groups is 7. The lowest BCUT2D eigenvalue weighted by Gasteiger charge is -2.45. The van der Waals surface area contributed by atoms with E-state index >= 15 is 0 Å². The van der Waals surface area contributed by atoms with Gasteiger partial charge in [-0.15, -0.1) is 0 Å². The molecule has 8 N–H and O–H groups in total. The topological polar surface area (TPSA) is 223 Å². The Balaban J connectivity index is 2.36. The van der Waals surface area contributed by atoms with E-state index in [1.165, 1.54) is 0 Å². The van der Waals surface area contributed by atoms with Crippen LogP contribution >= 0.6 is 0 Å². The van der Waals surface area contributed by atoms with Crippen LogP contribution in [0.15, 0.2) is 0 Å². The molecule has 2 heterocycles. The zero-order chi connectivity index (χ0) is 21.1. The van der Waals surface area contributed by atoms with E-state index < -0.39 is 74.1 Å². The summed E-state index contributed by atoms with van der Waals surface area (Å²) < 4.78 is 16.1. The fourth-order valence-corrected chi connectivity index (χ4v) is 3.27. The first-order valence-electron chi connectivity index (χ1n) is 8.57. The second kappa shape index (κ2) is 9.67. The number of hydrogen-bond donors (Lipinski definition) is 8. The minimum absolute atomic E-state index is 0.193. The molecule has 1 unspecified atom stereocenters. The number of aliphatic hydroxyl groups excluding tert-OH is 7. The molecule has 2 aliphatic rings. The molecule has 2 saturated heterocycles. The van der Waals surface area contributed by atoms with Crippen molar-refractivity contribution in [3.8, 4) is 6.07 Å². The molecule has 0 saturated carbocycles. The summed E-state index contributed by atoms with van der Waals surface area (Å²) in [6.45, 7) is -1.51. The largest absolute Gasteiger partial charge is 0.394 e. The second-order valence-corrected chi connectivity index (χ2v) is 6.60. The highest BCUT2D eigenvalue weighted by Gasteiger charge is 2.62. The molecule has 10 atom stereocenters. The molecular weight excluding hydrogens is 386 g/mol. The third kappa shape index (κ3) is 4.14. The van der Waals surface area contributed by atoms with Gasteiger partial charge in [-0.2, -0.15) is 5.26 Å². The van der Waals surface area contributed by atoms with E-state index in [0.717, 1.165) is 0 Å². The molecule has 0 aromatic carbocycles. The Bertz CT molecular complexity index is 544. The van der Waals surface area contributed by atoms with Crippen molar-refractivity contribution in [3.05, 3.63) is 0 Å². The lowest BCUT2D eigenvalue weighted by Crippen LogP contribution is -2.64. The molecule has 13 heteroatoms. The van der Waals surface area contributed by atoms with Crippen LogP contribution in [-0.4, -0.2) is 115 Å². The van der Waals surface area contributed by atoms with Crippen LogP contribution in [0.1, 0.15) is 12.8 Å². The summed E-state index contributed by atoms with van der Waals surface area (Å²) in [6.07, 6.45) is -15.6. The summed E-state index contributed by atoms with van der Waals surface area (Å²) in [7, 11) is 0. The highest BCUT2D eigenvalue weighted by atomic mass is 17.1. The summed E-state index contributed by atoms with van der Waals surface area (Å²) in [6, 6.07) is 1.78. The first-order valence-corrected chi connectivity index (χ1v) is 8.57. The monoisotopic (exact) mass is 411 g/mol. The molecule has 0 aliphatic carbocycles. The van der Waals surface area contributed by atoms with Crippen molar-refractivity contribution < 1.29 is 60.1 Å². The Hall–Kier alpha value is -0.990. The van der Waals surface area contributed by atoms with Gasteiger partial charge in [0.15, 0.2) is 12.4 Å². The molecule has 0 spiro atoms. The summed E-state index contributed by atoms with van der Waals surface area (Å²) in [5.41, 5.74) is 0. The van der Waals surface area contributed by atoms with E-state index in [9.17, 15) is 41.0 Å². The Morgan fingerprint density at radius 2 is 1.61 bits per heavy atom. The van der Waals surface area contributed by atoms with Crippen molar-refractivity contribution in [2.24, 2.45) is 0 Å². The second-order valence-electron chi connectivity index (χ2n) is 6.60. The van der Waals surface area contributed by atoms with Crippen LogP contribution in [0.5, 0.6) is 0 Å². The Kier molecular flexibility index (Phi) is 8.05. The molecule has 0 radical (unpaired) electrons. The van der Waals surface area contributed by atoms with Crippen LogP contribution in [0.4, 0.5) is 0 Å². The van der Waals surface area contributed by atoms with E-state index in [-0.39, 0.29) is 12.8 Å². The highest BCUT2D eigenvalue weighted by Crippen LogP contribution is 2.40. The molecule has 0 aromatic heterocycles. The Morgan fingerprint density at radius 1 is 0.964 bits per heavy atom. The van der Waals surface area contributed by atoms with Gasteiger partial charge < -0.3 is 50.0 Å². The van der Waals surface area contributed by atoms with Gasteiger partial charge in [-0.1, -0.05) is 0 Å². The summed E-state index contributed by atoms with van der Waals surface area (Å²) in [5, 5.41) is 87.1. The maximum absolute atomic E-state index is 10.5. The fraction of sp³-hybridized carbons (Fsp3) is 0.933. The van der Waals surface area contributed by atoms with E-state index in [2.05, 4.69) is 4.89 Å². The van der Waals surface area contributed by atoms with Gasteiger partial charge in [0.25, 0.3) is 0 Å². The zero-order valence-electron chi connectivity index (χ0n) is 14.7. The predicted molar refractivity (Wildman–Crippen MR) is 83.9 cm³/mol. The highest BCUT2D eigenvalue weighted by molar-refractivity contribution is 5.03. The molecule has 28 heavy (non-hydrogen) atoms. The minimum atomic E-state index is -2.42. The maximum Gasteiger partial charge on any atom is 0.230 e. The van der Waals surface area contributed by atoms with Crippen LogP contribution < -0.4 is 0 Å². The summed E-state index contributed by atoms with van der Waals surface area (Å²) in [5.74, 6) is -2.42. The third-order valence-electron chi connectivity index (χ3n) is 4.88. The quantitative estimate of drug-likeness (QED) is 0.140. The summed E-state index contributed by atoms with van der Waals surface area (Å²) in [4.78, 5) is 4.28. The lowest BCUT2D eigenvalue weighted by molar-refractivity contribution is -0.430. The number of hydrogen-bond acceptors (Lipinski definition) is 13. The molecule has 0 amide bonds. The summed E-state index contributed by atoms with van der Waals surface area (Å²) >= 11 is 0. The van der Waals surface area contributed by atoms with Gasteiger partial charge in [-0.25, -0.2) is 4.89 Å². The smallest absolute Gasteiger partial charge is 0.230 e. The van der Waals surface area contributed by atoms with Gasteiger partial charge in [0.05, 0.1) is 19.3 Å². The van der Waals surface area contributed by atoms with Crippen molar-refractivity contribution in [1.29, 1.82) is 5.26 Å². The van der Waals surface area contributed by atoms with Crippen molar-refractivity contribution in [1.82, 2.24) is 0 Å². The standard InChI is InChI=1S/C15H25NO12/c16-3-1-2-8(28-24)15(13(23)10(20)7(5-18)26-15)27-14-12(22)11(21)9(19)6(4-17)25-14/h6-14,17-24H,1-2,4-5H2/t6-,7-,8?,9-,10-,11+,12-,13+,14-,15+/m1/s1. The average molecular weight is 411 g/mol. The van der Waals surface area contributed by atoms with Crippen LogP contribution in [0.3, 0.4) is 0 Å².